The molecule has 0 aromatic heterocycles. The number of hydrogen-bond donors (Lipinski definition) is 0. The summed E-state index contributed by atoms with van der Waals surface area (Å²) in [5, 5.41) is 0. The number of Topliss-reactive ketones (excluding diaryl/α,β-unsaturated/α-hetero) is 1. The Balaban J connectivity index is 3.72. The minimum absolute atomic E-state index is 0.0417. The number of rotatable bonds is 3. The lowest BCUT2D eigenvalue weighted by atomic mass is 10.2. The van der Waals surface area contributed by atoms with E-state index in [1.165, 1.54) is 0 Å². The van der Waals surface area contributed by atoms with Gasteiger partial charge in [-0.25, -0.2) is 0 Å². The molecular weight excluding hydrogens is 133 g/mol. The third-order valence-electron chi connectivity index (χ3n) is 1.43. The number of carbonyl (C=O) groups is 1. The summed E-state index contributed by atoms with van der Waals surface area (Å²) in [6, 6.07) is 0.0417. The van der Waals surface area contributed by atoms with Crippen molar-refractivity contribution in [2.75, 3.05) is 7.05 Å². The second-order valence-corrected chi connectivity index (χ2v) is 2.98. The van der Waals surface area contributed by atoms with Crippen molar-refractivity contribution in [1.29, 1.82) is 0 Å². The summed E-state index contributed by atoms with van der Waals surface area (Å²) in [6.07, 6.45) is 0.625. The fourth-order valence-electron chi connectivity index (χ4n) is 0.523. The van der Waals surface area contributed by atoms with E-state index in [0.717, 1.165) is 0 Å². The van der Waals surface area contributed by atoms with Crippen LogP contribution in [0.3, 0.4) is 0 Å². The average molecular weight is 147 g/mol. The molecule has 0 aromatic carbocycles. The first-order valence-electron chi connectivity index (χ1n) is 3.09. The van der Waals surface area contributed by atoms with Crippen LogP contribution in [0.5, 0.6) is 0 Å². The molecule has 0 spiro atoms. The number of likely N-dealkylation sites (N-methyl/N-ethyl adjacent to an activating group) is 1. The maximum atomic E-state index is 10.9. The van der Waals surface area contributed by atoms with Crippen LogP contribution in [0, 0.1) is 0 Å². The average Bonchev–Trinajstić information content (AvgIpc) is 1.84. The van der Waals surface area contributed by atoms with E-state index in [1.54, 1.807) is 0 Å². The van der Waals surface area contributed by atoms with Crippen molar-refractivity contribution in [3.63, 3.8) is 0 Å². The molecule has 2 atom stereocenters. The van der Waals surface area contributed by atoms with Crippen molar-refractivity contribution in [3.8, 4) is 0 Å². The molecule has 0 heterocycles. The maximum absolute atomic E-state index is 10.9. The van der Waals surface area contributed by atoms with Crippen molar-refractivity contribution >= 4 is 15.2 Å². The molecule has 0 saturated heterocycles. The maximum Gasteiger partial charge on any atom is 0.149 e. The lowest BCUT2D eigenvalue weighted by Crippen LogP contribution is -2.27. The van der Waals surface area contributed by atoms with Gasteiger partial charge in [0.25, 0.3) is 0 Å². The van der Waals surface area contributed by atoms with Gasteiger partial charge in [-0.2, -0.15) is 0 Å². The Morgan fingerprint density at radius 2 is 2.22 bits per heavy atom. The van der Waals surface area contributed by atoms with Crippen molar-refractivity contribution in [1.82, 2.24) is 4.67 Å². The summed E-state index contributed by atoms with van der Waals surface area (Å²) in [7, 11) is 4.36. The largest absolute Gasteiger partial charge is 0.298 e. The van der Waals surface area contributed by atoms with Gasteiger partial charge in [-0.05, 0) is 14.0 Å². The van der Waals surface area contributed by atoms with Gasteiger partial charge in [-0.15, -0.1) is 0 Å². The third kappa shape index (κ3) is 2.92. The van der Waals surface area contributed by atoms with Gasteiger partial charge in [0.2, 0.25) is 0 Å². The molecule has 9 heavy (non-hydrogen) atoms. The normalized spacial score (nSPS) is 13.9. The summed E-state index contributed by atoms with van der Waals surface area (Å²) in [5.41, 5.74) is 0. The quantitative estimate of drug-likeness (QED) is 0.556. The second-order valence-electron chi connectivity index (χ2n) is 2.16. The molecule has 0 N–H and O–H groups in total. The monoisotopic (exact) mass is 147 g/mol. The SMILES string of the molecule is CCC(=O)C(C)N(C)P. The van der Waals surface area contributed by atoms with Gasteiger partial charge >= 0.3 is 0 Å². The molecule has 0 saturated carbocycles. The van der Waals surface area contributed by atoms with E-state index in [2.05, 4.69) is 9.39 Å². The van der Waals surface area contributed by atoms with Gasteiger partial charge in [0, 0.05) is 6.42 Å². The lowest BCUT2D eigenvalue weighted by Gasteiger charge is -2.16. The van der Waals surface area contributed by atoms with Gasteiger partial charge in [-0.3, -0.25) is 9.46 Å². The predicted molar refractivity (Wildman–Crippen MR) is 42.2 cm³/mol. The summed E-state index contributed by atoms with van der Waals surface area (Å²) in [4.78, 5) is 10.9. The Labute approximate surface area is 58.9 Å². The van der Waals surface area contributed by atoms with E-state index in [-0.39, 0.29) is 11.8 Å². The van der Waals surface area contributed by atoms with E-state index in [9.17, 15) is 4.79 Å². The molecule has 0 rings (SSSR count). The van der Waals surface area contributed by atoms with Crippen molar-refractivity contribution in [3.05, 3.63) is 0 Å². The Kier molecular flexibility index (Phi) is 4.00. The molecule has 0 aliphatic heterocycles. The first kappa shape index (κ1) is 9.06. The first-order valence-corrected chi connectivity index (χ1v) is 3.61. The molecule has 0 aliphatic carbocycles. The molecule has 2 unspecified atom stereocenters. The van der Waals surface area contributed by atoms with Crippen LogP contribution in [0.15, 0.2) is 0 Å². The zero-order valence-corrected chi connectivity index (χ0v) is 7.37. The molecule has 0 bridgehead atoms. The Bertz CT molecular complexity index is 103. The van der Waals surface area contributed by atoms with E-state index in [0.29, 0.717) is 6.42 Å². The third-order valence-corrected chi connectivity index (χ3v) is 1.87. The molecular formula is C6H14NOP. The van der Waals surface area contributed by atoms with Gasteiger partial charge in [0.05, 0.1) is 6.04 Å². The summed E-state index contributed by atoms with van der Waals surface area (Å²) >= 11 is 0. The van der Waals surface area contributed by atoms with Crippen LogP contribution in [0.1, 0.15) is 20.3 Å². The molecule has 54 valence electrons. The van der Waals surface area contributed by atoms with Crippen LogP contribution >= 0.6 is 9.39 Å². The molecule has 0 amide bonds. The van der Waals surface area contributed by atoms with Gasteiger partial charge in [-0.1, -0.05) is 16.3 Å². The highest BCUT2D eigenvalue weighted by Crippen LogP contribution is 2.03. The Morgan fingerprint density at radius 3 is 2.33 bits per heavy atom. The van der Waals surface area contributed by atoms with Crippen LogP contribution in [-0.2, 0) is 4.79 Å². The highest BCUT2D eigenvalue weighted by molar-refractivity contribution is 7.13. The zero-order valence-electron chi connectivity index (χ0n) is 6.22. The van der Waals surface area contributed by atoms with E-state index in [4.69, 9.17) is 0 Å². The molecule has 0 radical (unpaired) electrons. The van der Waals surface area contributed by atoms with Gasteiger partial charge < -0.3 is 0 Å². The van der Waals surface area contributed by atoms with Crippen LogP contribution in [0.2, 0.25) is 0 Å². The van der Waals surface area contributed by atoms with E-state index in [1.807, 2.05) is 25.6 Å². The molecule has 0 aromatic rings. The summed E-state index contributed by atoms with van der Waals surface area (Å²) < 4.78 is 1.84. The summed E-state index contributed by atoms with van der Waals surface area (Å²) in [6.45, 7) is 3.78. The van der Waals surface area contributed by atoms with Gasteiger partial charge in [0.15, 0.2) is 0 Å². The smallest absolute Gasteiger partial charge is 0.149 e. The first-order chi connectivity index (χ1) is 4.09. The van der Waals surface area contributed by atoms with Crippen LogP contribution in [0.25, 0.3) is 0 Å². The zero-order chi connectivity index (χ0) is 7.44. The fraction of sp³-hybridized carbons (Fsp3) is 0.833. The highest BCUT2D eigenvalue weighted by Gasteiger charge is 2.11. The van der Waals surface area contributed by atoms with Gasteiger partial charge in [0.1, 0.15) is 5.78 Å². The second kappa shape index (κ2) is 3.97. The Morgan fingerprint density at radius 1 is 1.78 bits per heavy atom. The van der Waals surface area contributed by atoms with E-state index >= 15 is 0 Å². The number of hydrogen-bond acceptors (Lipinski definition) is 2. The van der Waals surface area contributed by atoms with Crippen LogP contribution in [-0.4, -0.2) is 23.5 Å². The predicted octanol–water partition coefficient (Wildman–Crippen LogP) is 1.08. The fourth-order valence-corrected chi connectivity index (χ4v) is 0.689. The topological polar surface area (TPSA) is 20.3 Å². The molecule has 2 nitrogen and oxygen atoms in total. The van der Waals surface area contributed by atoms with Crippen molar-refractivity contribution in [2.24, 2.45) is 0 Å². The Hall–Kier alpha value is 0.0600. The van der Waals surface area contributed by atoms with E-state index < -0.39 is 0 Å². The minimum atomic E-state index is 0.0417. The van der Waals surface area contributed by atoms with Crippen LogP contribution < -0.4 is 0 Å². The lowest BCUT2D eigenvalue weighted by molar-refractivity contribution is -0.121. The summed E-state index contributed by atoms with van der Waals surface area (Å²) in [5.74, 6) is 0.285. The minimum Gasteiger partial charge on any atom is -0.298 e. The number of ketones is 1. The highest BCUT2D eigenvalue weighted by atomic mass is 31.0. The number of carbonyl (C=O) groups excluding carboxylic acids is 1. The van der Waals surface area contributed by atoms with Crippen LogP contribution in [0.4, 0.5) is 0 Å². The molecule has 0 aliphatic rings. The number of nitrogens with zero attached hydrogens (tertiary/aromatic N) is 1. The standard InChI is InChI=1S/C6H14NOP/c1-4-6(8)5(2)7(3)9/h5H,4,9H2,1-3H3. The molecule has 3 heteroatoms. The van der Waals surface area contributed by atoms with Crippen molar-refractivity contribution in [2.45, 2.75) is 26.3 Å². The molecule has 0 fully saturated rings. The van der Waals surface area contributed by atoms with Crippen molar-refractivity contribution < 1.29 is 4.79 Å².